The van der Waals surface area contributed by atoms with Crippen molar-refractivity contribution in [3.63, 3.8) is 0 Å². The average Bonchev–Trinajstić information content (AvgIpc) is 2.81. The quantitative estimate of drug-likeness (QED) is 0.592. The van der Waals surface area contributed by atoms with Gasteiger partial charge in [0.25, 0.3) is 0 Å². The summed E-state index contributed by atoms with van der Waals surface area (Å²) in [4.78, 5) is 25.8. The predicted molar refractivity (Wildman–Crippen MR) is 80.8 cm³/mol. The van der Waals surface area contributed by atoms with E-state index < -0.39 is 6.04 Å². The first-order valence-corrected chi connectivity index (χ1v) is 8.75. The molecular weight excluding hydrogens is 298 g/mol. The van der Waals surface area contributed by atoms with Crippen LogP contribution in [0.2, 0.25) is 0 Å². The van der Waals surface area contributed by atoms with E-state index in [1.165, 1.54) is 0 Å². The lowest BCUT2D eigenvalue weighted by atomic mass is 9.85. The van der Waals surface area contributed by atoms with Gasteiger partial charge in [0.1, 0.15) is 11.9 Å². The summed E-state index contributed by atoms with van der Waals surface area (Å²) >= 11 is 7.49. The largest absolute Gasteiger partial charge is 0.464 e. The monoisotopic (exact) mass is 319 g/mol. The number of amides is 1. The number of halogens is 1. The van der Waals surface area contributed by atoms with Gasteiger partial charge >= 0.3 is 5.97 Å². The van der Waals surface area contributed by atoms with E-state index in [0.717, 1.165) is 25.7 Å². The van der Waals surface area contributed by atoms with Crippen LogP contribution >= 0.6 is 23.4 Å². The molecule has 0 aromatic carbocycles. The van der Waals surface area contributed by atoms with Crippen molar-refractivity contribution in [2.45, 2.75) is 50.4 Å². The average molecular weight is 320 g/mol. The lowest BCUT2D eigenvalue weighted by Crippen LogP contribution is -2.54. The lowest BCUT2D eigenvalue weighted by Gasteiger charge is -2.43. The zero-order valence-corrected chi connectivity index (χ0v) is 13.6. The molecule has 20 heavy (non-hydrogen) atoms. The highest BCUT2D eigenvalue weighted by Crippen LogP contribution is 2.50. The van der Waals surface area contributed by atoms with Crippen LogP contribution in [0.5, 0.6) is 0 Å². The zero-order chi connectivity index (χ0) is 14.8. The Kier molecular flexibility index (Phi) is 5.24. The Morgan fingerprint density at radius 1 is 1.40 bits per heavy atom. The Bertz CT molecular complexity index is 383. The predicted octanol–water partition coefficient (Wildman–Crippen LogP) is 2.64. The fraction of sp³-hybridized carbons (Fsp3) is 0.857. The van der Waals surface area contributed by atoms with Crippen molar-refractivity contribution < 1.29 is 14.3 Å². The van der Waals surface area contributed by atoms with Crippen molar-refractivity contribution in [1.29, 1.82) is 0 Å². The second kappa shape index (κ2) is 6.56. The second-order valence-electron chi connectivity index (χ2n) is 5.60. The second-order valence-corrected chi connectivity index (χ2v) is 7.25. The van der Waals surface area contributed by atoms with Crippen LogP contribution in [0.25, 0.3) is 0 Å². The molecule has 0 aromatic rings. The van der Waals surface area contributed by atoms with Gasteiger partial charge in [-0.15, -0.1) is 23.4 Å². The maximum absolute atomic E-state index is 12.3. The minimum Gasteiger partial charge on any atom is -0.464 e. The van der Waals surface area contributed by atoms with E-state index in [9.17, 15) is 9.59 Å². The van der Waals surface area contributed by atoms with E-state index >= 15 is 0 Å². The molecule has 1 amide bonds. The highest BCUT2D eigenvalue weighted by atomic mass is 35.5. The number of hydrogen-bond donors (Lipinski definition) is 0. The molecule has 1 aliphatic carbocycles. The fourth-order valence-corrected chi connectivity index (χ4v) is 4.91. The van der Waals surface area contributed by atoms with Crippen molar-refractivity contribution in [3.8, 4) is 0 Å². The van der Waals surface area contributed by atoms with Gasteiger partial charge in [-0.25, -0.2) is 4.79 Å². The highest BCUT2D eigenvalue weighted by Gasteiger charge is 2.52. The third-order valence-electron chi connectivity index (χ3n) is 4.26. The number of rotatable bonds is 3. The number of esters is 1. The molecule has 0 bridgehead atoms. The van der Waals surface area contributed by atoms with Gasteiger partial charge in [0.2, 0.25) is 5.91 Å². The maximum Gasteiger partial charge on any atom is 0.329 e. The maximum atomic E-state index is 12.3. The molecule has 0 radical (unpaired) electrons. The molecule has 1 saturated carbocycles. The number of nitrogens with zero attached hydrogens (tertiary/aromatic N) is 1. The van der Waals surface area contributed by atoms with Crippen molar-refractivity contribution in [2.24, 2.45) is 5.92 Å². The topological polar surface area (TPSA) is 46.6 Å². The first-order valence-electron chi connectivity index (χ1n) is 7.23. The summed E-state index contributed by atoms with van der Waals surface area (Å²) in [7, 11) is 0. The summed E-state index contributed by atoms with van der Waals surface area (Å²) in [5.41, 5.74) is 0. The molecule has 1 saturated heterocycles. The number of carbonyl (C=O) groups excluding carboxylic acids is 2. The molecule has 1 unspecified atom stereocenters. The van der Waals surface area contributed by atoms with Gasteiger partial charge in [0.05, 0.1) is 11.5 Å². The molecule has 0 N–H and O–H groups in total. The van der Waals surface area contributed by atoms with Gasteiger partial charge in [-0.05, 0) is 38.5 Å². The SMILES string of the molecule is CCOC(=O)C1CSC2(CCC(C)CC2)N1C(=O)CCl. The van der Waals surface area contributed by atoms with Crippen LogP contribution in [-0.2, 0) is 14.3 Å². The van der Waals surface area contributed by atoms with Crippen LogP contribution in [0.1, 0.15) is 39.5 Å². The van der Waals surface area contributed by atoms with Gasteiger partial charge in [0.15, 0.2) is 0 Å². The molecule has 1 heterocycles. The summed E-state index contributed by atoms with van der Waals surface area (Å²) in [6.45, 7) is 4.36. The molecule has 2 rings (SSSR count). The van der Waals surface area contributed by atoms with Crippen LogP contribution in [0.4, 0.5) is 0 Å². The zero-order valence-electron chi connectivity index (χ0n) is 12.1. The molecular formula is C14H22ClNO3S. The molecule has 0 aromatic heterocycles. The van der Waals surface area contributed by atoms with Crippen LogP contribution in [0.3, 0.4) is 0 Å². The van der Waals surface area contributed by atoms with Gasteiger partial charge in [-0.3, -0.25) is 4.79 Å². The number of alkyl halides is 1. The number of thioether (sulfide) groups is 1. The first kappa shape index (κ1) is 16.0. The summed E-state index contributed by atoms with van der Waals surface area (Å²) in [6.07, 6.45) is 4.07. The van der Waals surface area contributed by atoms with E-state index in [-0.39, 0.29) is 22.6 Å². The Morgan fingerprint density at radius 3 is 2.60 bits per heavy atom. The van der Waals surface area contributed by atoms with Crippen LogP contribution in [0, 0.1) is 5.92 Å². The molecule has 2 fully saturated rings. The summed E-state index contributed by atoms with van der Waals surface area (Å²) in [5.74, 6) is 0.790. The van der Waals surface area contributed by atoms with Crippen LogP contribution in [-0.4, -0.2) is 45.9 Å². The van der Waals surface area contributed by atoms with E-state index in [1.54, 1.807) is 23.6 Å². The van der Waals surface area contributed by atoms with Gasteiger partial charge in [-0.1, -0.05) is 6.92 Å². The van der Waals surface area contributed by atoms with Gasteiger partial charge in [-0.2, -0.15) is 0 Å². The molecule has 6 heteroatoms. The number of hydrogen-bond acceptors (Lipinski definition) is 4. The minimum atomic E-state index is -0.473. The van der Waals surface area contributed by atoms with E-state index in [4.69, 9.17) is 16.3 Å². The summed E-state index contributed by atoms with van der Waals surface area (Å²) in [6, 6.07) is -0.473. The van der Waals surface area contributed by atoms with Crippen LogP contribution < -0.4 is 0 Å². The molecule has 4 nitrogen and oxygen atoms in total. The van der Waals surface area contributed by atoms with Crippen molar-refractivity contribution >= 4 is 35.2 Å². The van der Waals surface area contributed by atoms with Crippen LogP contribution in [0.15, 0.2) is 0 Å². The highest BCUT2D eigenvalue weighted by molar-refractivity contribution is 8.01. The van der Waals surface area contributed by atoms with E-state index in [2.05, 4.69) is 6.92 Å². The lowest BCUT2D eigenvalue weighted by molar-refractivity contribution is -0.155. The molecule has 2 aliphatic rings. The van der Waals surface area contributed by atoms with E-state index in [1.807, 2.05) is 0 Å². The summed E-state index contributed by atoms with van der Waals surface area (Å²) < 4.78 is 5.12. The van der Waals surface area contributed by atoms with Gasteiger partial charge < -0.3 is 9.64 Å². The Labute approximate surface area is 129 Å². The van der Waals surface area contributed by atoms with E-state index in [0.29, 0.717) is 18.3 Å². The first-order chi connectivity index (χ1) is 9.54. The Hall–Kier alpha value is -0.420. The molecule has 1 spiro atoms. The molecule has 1 aliphatic heterocycles. The third kappa shape index (κ3) is 2.93. The van der Waals surface area contributed by atoms with Gasteiger partial charge in [0, 0.05) is 5.75 Å². The normalized spacial score (nSPS) is 33.5. The summed E-state index contributed by atoms with van der Waals surface area (Å²) in [5, 5.41) is 0. The smallest absolute Gasteiger partial charge is 0.329 e. The molecule has 114 valence electrons. The third-order valence-corrected chi connectivity index (χ3v) is 6.11. The minimum absolute atomic E-state index is 0.0756. The van der Waals surface area contributed by atoms with Crippen molar-refractivity contribution in [3.05, 3.63) is 0 Å². The van der Waals surface area contributed by atoms with Crippen molar-refractivity contribution in [1.82, 2.24) is 4.90 Å². The number of carbonyl (C=O) groups is 2. The Morgan fingerprint density at radius 2 is 2.05 bits per heavy atom. The molecule has 1 atom stereocenters. The number of ether oxygens (including phenoxy) is 1. The standard InChI is InChI=1S/C14H22ClNO3S/c1-3-19-13(18)11-9-20-14(16(11)12(17)8-15)6-4-10(2)5-7-14/h10-11H,3-9H2,1-2H3. The fourth-order valence-electron chi connectivity index (χ4n) is 3.14. The van der Waals surface area contributed by atoms with Crippen molar-refractivity contribution in [2.75, 3.05) is 18.2 Å². The Balaban J connectivity index is 2.21.